The van der Waals surface area contributed by atoms with Crippen LogP contribution in [0.5, 0.6) is 0 Å². The van der Waals surface area contributed by atoms with Crippen LogP contribution in [0.15, 0.2) is 0 Å². The Morgan fingerprint density at radius 2 is 1.89 bits per heavy atom. The van der Waals surface area contributed by atoms with Crippen LogP contribution in [-0.2, 0) is 4.74 Å². The van der Waals surface area contributed by atoms with Gasteiger partial charge in [-0.2, -0.15) is 0 Å². The standard InChI is InChI=1S/C14H28N2O2/c1-11(2)10-14(6-8-15-9-7-14)16-12(17)18-13(3,4)5/h11,15H,6-10H2,1-5H3,(H,16,17). The second-order valence-electron chi connectivity index (χ2n) is 6.76. The van der Waals surface area contributed by atoms with E-state index in [4.69, 9.17) is 4.74 Å². The average molecular weight is 256 g/mol. The molecule has 1 rings (SSSR count). The van der Waals surface area contributed by atoms with Crippen LogP contribution < -0.4 is 10.6 Å². The van der Waals surface area contributed by atoms with E-state index in [1.807, 2.05) is 20.8 Å². The maximum Gasteiger partial charge on any atom is 0.408 e. The highest BCUT2D eigenvalue weighted by Gasteiger charge is 2.35. The van der Waals surface area contributed by atoms with Gasteiger partial charge in [-0.25, -0.2) is 4.79 Å². The second kappa shape index (κ2) is 5.91. The van der Waals surface area contributed by atoms with Crippen LogP contribution in [0.3, 0.4) is 0 Å². The van der Waals surface area contributed by atoms with Gasteiger partial charge in [0.2, 0.25) is 0 Å². The van der Waals surface area contributed by atoms with Gasteiger partial charge in [0.05, 0.1) is 0 Å². The van der Waals surface area contributed by atoms with E-state index in [0.29, 0.717) is 5.92 Å². The number of carbonyl (C=O) groups is 1. The zero-order chi connectivity index (χ0) is 13.8. The summed E-state index contributed by atoms with van der Waals surface area (Å²) in [6.45, 7) is 12.0. The third kappa shape index (κ3) is 5.25. The monoisotopic (exact) mass is 256 g/mol. The maximum atomic E-state index is 12.0. The molecule has 1 aliphatic rings. The molecule has 0 bridgehead atoms. The van der Waals surface area contributed by atoms with Crippen molar-refractivity contribution in [2.75, 3.05) is 13.1 Å². The lowest BCUT2D eigenvalue weighted by molar-refractivity contribution is 0.0411. The molecule has 1 heterocycles. The molecule has 4 nitrogen and oxygen atoms in total. The molecular formula is C14H28N2O2. The molecule has 0 aliphatic carbocycles. The molecule has 1 amide bonds. The van der Waals surface area contributed by atoms with Crippen molar-refractivity contribution in [1.29, 1.82) is 0 Å². The molecule has 106 valence electrons. The molecule has 0 radical (unpaired) electrons. The smallest absolute Gasteiger partial charge is 0.408 e. The first-order valence-electron chi connectivity index (χ1n) is 6.94. The highest BCUT2D eigenvalue weighted by Crippen LogP contribution is 2.27. The van der Waals surface area contributed by atoms with E-state index in [0.717, 1.165) is 32.4 Å². The molecule has 0 aromatic heterocycles. The van der Waals surface area contributed by atoms with Crippen LogP contribution in [-0.4, -0.2) is 30.3 Å². The van der Waals surface area contributed by atoms with E-state index in [9.17, 15) is 4.79 Å². The molecule has 0 atom stereocenters. The van der Waals surface area contributed by atoms with Crippen molar-refractivity contribution in [3.63, 3.8) is 0 Å². The van der Waals surface area contributed by atoms with Crippen LogP contribution in [0.4, 0.5) is 4.79 Å². The highest BCUT2D eigenvalue weighted by molar-refractivity contribution is 5.68. The van der Waals surface area contributed by atoms with E-state index >= 15 is 0 Å². The summed E-state index contributed by atoms with van der Waals surface area (Å²) in [5.74, 6) is 0.568. The Morgan fingerprint density at radius 3 is 2.33 bits per heavy atom. The summed E-state index contributed by atoms with van der Waals surface area (Å²) in [5.41, 5.74) is -0.530. The zero-order valence-corrected chi connectivity index (χ0v) is 12.4. The van der Waals surface area contributed by atoms with Crippen LogP contribution >= 0.6 is 0 Å². The minimum atomic E-state index is -0.435. The number of carbonyl (C=O) groups excluding carboxylic acids is 1. The van der Waals surface area contributed by atoms with Gasteiger partial charge in [0, 0.05) is 5.54 Å². The highest BCUT2D eigenvalue weighted by atomic mass is 16.6. The third-order valence-electron chi connectivity index (χ3n) is 3.13. The Hall–Kier alpha value is -0.770. The SMILES string of the molecule is CC(C)CC1(NC(=O)OC(C)(C)C)CCNCC1. The molecule has 0 saturated carbocycles. The first-order valence-corrected chi connectivity index (χ1v) is 6.94. The maximum absolute atomic E-state index is 12.0. The summed E-state index contributed by atoms with van der Waals surface area (Å²) in [4.78, 5) is 12.0. The number of hydrogen-bond donors (Lipinski definition) is 2. The van der Waals surface area contributed by atoms with Crippen molar-refractivity contribution in [2.24, 2.45) is 5.92 Å². The van der Waals surface area contributed by atoms with Crippen molar-refractivity contribution in [1.82, 2.24) is 10.6 Å². The number of hydrogen-bond acceptors (Lipinski definition) is 3. The molecule has 1 aliphatic heterocycles. The Kier molecular flexibility index (Phi) is 5.02. The topological polar surface area (TPSA) is 50.4 Å². The van der Waals surface area contributed by atoms with Crippen molar-refractivity contribution in [3.8, 4) is 0 Å². The summed E-state index contributed by atoms with van der Waals surface area (Å²) >= 11 is 0. The van der Waals surface area contributed by atoms with E-state index in [1.165, 1.54) is 0 Å². The molecule has 0 aromatic carbocycles. The van der Waals surface area contributed by atoms with E-state index in [1.54, 1.807) is 0 Å². The van der Waals surface area contributed by atoms with Gasteiger partial charge in [-0.15, -0.1) is 0 Å². The lowest BCUT2D eigenvalue weighted by Crippen LogP contribution is -2.56. The molecule has 0 spiro atoms. The first-order chi connectivity index (χ1) is 8.22. The molecule has 18 heavy (non-hydrogen) atoms. The number of nitrogens with one attached hydrogen (secondary N) is 2. The number of piperidine rings is 1. The molecular weight excluding hydrogens is 228 g/mol. The van der Waals surface area contributed by atoms with E-state index < -0.39 is 5.60 Å². The van der Waals surface area contributed by atoms with Gasteiger partial charge in [0.25, 0.3) is 0 Å². The van der Waals surface area contributed by atoms with Gasteiger partial charge >= 0.3 is 6.09 Å². The Labute approximate surface area is 111 Å². The van der Waals surface area contributed by atoms with Gasteiger partial charge in [-0.1, -0.05) is 13.8 Å². The first kappa shape index (κ1) is 15.3. The predicted molar refractivity (Wildman–Crippen MR) is 73.7 cm³/mol. The summed E-state index contributed by atoms with van der Waals surface area (Å²) in [5, 5.41) is 6.46. The Bertz CT molecular complexity index is 276. The fraction of sp³-hybridized carbons (Fsp3) is 0.929. The van der Waals surface area contributed by atoms with Crippen LogP contribution in [0.2, 0.25) is 0 Å². The lowest BCUT2D eigenvalue weighted by Gasteiger charge is -2.40. The summed E-state index contributed by atoms with van der Waals surface area (Å²) in [6.07, 6.45) is 2.67. The van der Waals surface area contributed by atoms with Crippen molar-refractivity contribution in [2.45, 2.75) is 65.0 Å². The van der Waals surface area contributed by atoms with E-state index in [-0.39, 0.29) is 11.6 Å². The Balaban J connectivity index is 2.63. The van der Waals surface area contributed by atoms with Gasteiger partial charge in [-0.3, -0.25) is 0 Å². The zero-order valence-electron chi connectivity index (χ0n) is 12.4. The van der Waals surface area contributed by atoms with Crippen LogP contribution in [0, 0.1) is 5.92 Å². The lowest BCUT2D eigenvalue weighted by atomic mass is 9.81. The molecule has 2 N–H and O–H groups in total. The van der Waals surface area contributed by atoms with Crippen molar-refractivity contribution in [3.05, 3.63) is 0 Å². The quantitative estimate of drug-likeness (QED) is 0.816. The van der Waals surface area contributed by atoms with Gasteiger partial charge in [0.15, 0.2) is 0 Å². The predicted octanol–water partition coefficient (Wildman–Crippen LogP) is 2.68. The second-order valence-corrected chi connectivity index (χ2v) is 6.76. The number of ether oxygens (including phenoxy) is 1. The molecule has 1 fully saturated rings. The molecule has 0 unspecified atom stereocenters. The number of amides is 1. The fourth-order valence-electron chi connectivity index (χ4n) is 2.59. The number of rotatable bonds is 3. The van der Waals surface area contributed by atoms with Crippen molar-refractivity contribution >= 4 is 6.09 Å². The Morgan fingerprint density at radius 1 is 1.33 bits per heavy atom. The normalized spacial score (nSPS) is 19.7. The average Bonchev–Trinajstić information content (AvgIpc) is 2.13. The van der Waals surface area contributed by atoms with Gasteiger partial charge < -0.3 is 15.4 Å². The van der Waals surface area contributed by atoms with Crippen LogP contribution in [0.25, 0.3) is 0 Å². The van der Waals surface area contributed by atoms with Gasteiger partial charge in [0.1, 0.15) is 5.60 Å². The van der Waals surface area contributed by atoms with Gasteiger partial charge in [-0.05, 0) is 59.0 Å². The summed E-state index contributed by atoms with van der Waals surface area (Å²) in [6, 6.07) is 0. The summed E-state index contributed by atoms with van der Waals surface area (Å²) in [7, 11) is 0. The molecule has 1 saturated heterocycles. The largest absolute Gasteiger partial charge is 0.444 e. The van der Waals surface area contributed by atoms with Crippen molar-refractivity contribution < 1.29 is 9.53 Å². The minimum absolute atomic E-state index is 0.0955. The molecule has 4 heteroatoms. The third-order valence-corrected chi connectivity index (χ3v) is 3.13. The fourth-order valence-corrected chi connectivity index (χ4v) is 2.59. The van der Waals surface area contributed by atoms with E-state index in [2.05, 4.69) is 24.5 Å². The summed E-state index contributed by atoms with van der Waals surface area (Å²) < 4.78 is 5.38. The minimum Gasteiger partial charge on any atom is -0.444 e. The van der Waals surface area contributed by atoms with Crippen LogP contribution in [0.1, 0.15) is 53.9 Å². The molecule has 0 aromatic rings. The number of alkyl carbamates (subject to hydrolysis) is 1.